The molecule has 12 heteroatoms. The highest BCUT2D eigenvalue weighted by Gasteiger charge is 2.39. The average Bonchev–Trinajstić information content (AvgIpc) is 3.50. The molecule has 3 aromatic heterocycles. The van der Waals surface area contributed by atoms with Gasteiger partial charge >= 0.3 is 6.18 Å². The van der Waals surface area contributed by atoms with Gasteiger partial charge in [-0.05, 0) is 48.9 Å². The number of aryl methyl sites for hydroxylation is 2. The SMILES string of the molecule is COc1ccc2nccc(N3CCOc4c(cc(Cn5ccnc5C)cc4-c4cn(C)nc4C(F)(F)F)C3=O)c2c1. The minimum absolute atomic E-state index is 0.0567. The lowest BCUT2D eigenvalue weighted by Crippen LogP contribution is -2.32. The molecule has 5 aromatic rings. The van der Waals surface area contributed by atoms with Gasteiger partial charge in [0.1, 0.15) is 23.9 Å². The minimum Gasteiger partial charge on any atom is -0.497 e. The van der Waals surface area contributed by atoms with Crippen molar-refractivity contribution in [3.63, 3.8) is 0 Å². The zero-order valence-corrected chi connectivity index (χ0v) is 22.4. The van der Waals surface area contributed by atoms with Crippen molar-refractivity contribution in [3.8, 4) is 22.6 Å². The van der Waals surface area contributed by atoms with Crippen molar-refractivity contribution >= 4 is 22.5 Å². The maximum absolute atomic E-state index is 14.3. The normalized spacial score (nSPS) is 13.7. The number of benzene rings is 2. The van der Waals surface area contributed by atoms with E-state index in [1.165, 1.54) is 13.2 Å². The molecule has 0 atom stereocenters. The van der Waals surface area contributed by atoms with E-state index in [2.05, 4.69) is 15.1 Å². The van der Waals surface area contributed by atoms with E-state index in [0.29, 0.717) is 27.9 Å². The van der Waals surface area contributed by atoms with Gasteiger partial charge in [-0.25, -0.2) is 4.98 Å². The second-order valence-electron chi connectivity index (χ2n) is 9.70. The Bertz CT molecular complexity index is 1790. The predicted molar refractivity (Wildman–Crippen MR) is 145 cm³/mol. The number of aromatic nitrogens is 5. The molecule has 1 aliphatic heterocycles. The highest BCUT2D eigenvalue weighted by molar-refractivity contribution is 6.13. The number of hydrogen-bond donors (Lipinski definition) is 0. The third kappa shape index (κ3) is 4.75. The van der Waals surface area contributed by atoms with E-state index in [-0.39, 0.29) is 42.1 Å². The molecule has 0 fully saturated rings. The molecule has 0 bridgehead atoms. The highest BCUT2D eigenvalue weighted by atomic mass is 19.4. The van der Waals surface area contributed by atoms with Crippen molar-refractivity contribution in [1.29, 1.82) is 0 Å². The maximum atomic E-state index is 14.3. The number of anilines is 1. The Kier molecular flexibility index (Phi) is 6.40. The smallest absolute Gasteiger partial charge is 0.435 e. The summed E-state index contributed by atoms with van der Waals surface area (Å²) < 4.78 is 56.6. The molecule has 0 N–H and O–H groups in total. The van der Waals surface area contributed by atoms with Crippen LogP contribution in [-0.2, 0) is 19.8 Å². The molecular formula is C29H25F3N6O3. The summed E-state index contributed by atoms with van der Waals surface area (Å²) in [4.78, 5) is 24.5. The second-order valence-corrected chi connectivity index (χ2v) is 9.70. The fourth-order valence-electron chi connectivity index (χ4n) is 5.15. The first-order valence-corrected chi connectivity index (χ1v) is 12.8. The summed E-state index contributed by atoms with van der Waals surface area (Å²) in [5.41, 5.74) is 0.937. The molecule has 0 radical (unpaired) electrons. The van der Waals surface area contributed by atoms with Crippen LogP contribution in [0.3, 0.4) is 0 Å². The summed E-state index contributed by atoms with van der Waals surface area (Å²) in [5, 5.41) is 4.38. The van der Waals surface area contributed by atoms with E-state index < -0.39 is 17.8 Å². The molecule has 9 nitrogen and oxygen atoms in total. The number of amides is 1. The molecule has 0 unspecified atom stereocenters. The molecule has 0 spiro atoms. The van der Waals surface area contributed by atoms with E-state index in [1.807, 2.05) is 11.5 Å². The number of methoxy groups -OCH3 is 1. The number of carbonyl (C=O) groups is 1. The van der Waals surface area contributed by atoms with Crippen molar-refractivity contribution in [2.75, 3.05) is 25.2 Å². The highest BCUT2D eigenvalue weighted by Crippen LogP contribution is 2.43. The van der Waals surface area contributed by atoms with Gasteiger partial charge in [0.05, 0.1) is 30.4 Å². The summed E-state index contributed by atoms with van der Waals surface area (Å²) in [6, 6.07) is 10.4. The molecule has 41 heavy (non-hydrogen) atoms. The van der Waals surface area contributed by atoms with Crippen LogP contribution in [0.15, 0.2) is 61.2 Å². The number of alkyl halides is 3. The maximum Gasteiger partial charge on any atom is 0.435 e. The van der Waals surface area contributed by atoms with Crippen LogP contribution < -0.4 is 14.4 Å². The van der Waals surface area contributed by atoms with Crippen LogP contribution in [0.1, 0.15) is 27.4 Å². The van der Waals surface area contributed by atoms with E-state index in [0.717, 1.165) is 10.5 Å². The number of imidazole rings is 1. The van der Waals surface area contributed by atoms with Gasteiger partial charge in [0.15, 0.2) is 5.69 Å². The van der Waals surface area contributed by atoms with Gasteiger partial charge < -0.3 is 18.9 Å². The number of pyridine rings is 1. The first-order chi connectivity index (χ1) is 19.6. The van der Waals surface area contributed by atoms with Crippen LogP contribution in [0.4, 0.5) is 18.9 Å². The third-order valence-corrected chi connectivity index (χ3v) is 7.07. The Morgan fingerprint density at radius 3 is 2.59 bits per heavy atom. The Hall–Kier alpha value is -4.87. The molecule has 2 aromatic carbocycles. The van der Waals surface area contributed by atoms with Crippen LogP contribution >= 0.6 is 0 Å². The first kappa shape index (κ1) is 26.4. The lowest BCUT2D eigenvalue weighted by Gasteiger charge is -2.22. The Balaban J connectivity index is 1.55. The van der Waals surface area contributed by atoms with Gasteiger partial charge in [0.25, 0.3) is 5.91 Å². The van der Waals surface area contributed by atoms with Gasteiger partial charge in [-0.15, -0.1) is 0 Å². The number of fused-ring (bicyclic) bond motifs is 2. The van der Waals surface area contributed by atoms with Gasteiger partial charge in [0, 0.05) is 54.9 Å². The number of nitrogens with zero attached hydrogens (tertiary/aromatic N) is 6. The van der Waals surface area contributed by atoms with Crippen LogP contribution in [0, 0.1) is 6.92 Å². The fraction of sp³-hybridized carbons (Fsp3) is 0.241. The topological polar surface area (TPSA) is 87.3 Å². The number of carbonyl (C=O) groups excluding carboxylic acids is 1. The van der Waals surface area contributed by atoms with Crippen molar-refractivity contribution in [2.45, 2.75) is 19.6 Å². The van der Waals surface area contributed by atoms with Gasteiger partial charge in [-0.2, -0.15) is 18.3 Å². The van der Waals surface area contributed by atoms with Crippen LogP contribution in [-0.4, -0.2) is 50.5 Å². The lowest BCUT2D eigenvalue weighted by atomic mass is 9.97. The van der Waals surface area contributed by atoms with Crippen molar-refractivity contribution in [2.24, 2.45) is 7.05 Å². The van der Waals surface area contributed by atoms with Crippen LogP contribution in [0.2, 0.25) is 0 Å². The van der Waals surface area contributed by atoms with Crippen LogP contribution in [0.5, 0.6) is 11.5 Å². The molecule has 0 aliphatic carbocycles. The fourth-order valence-corrected chi connectivity index (χ4v) is 5.15. The molecule has 1 aliphatic rings. The Morgan fingerprint density at radius 1 is 1.05 bits per heavy atom. The molecule has 4 heterocycles. The quantitative estimate of drug-likeness (QED) is 0.291. The largest absolute Gasteiger partial charge is 0.497 e. The molecule has 210 valence electrons. The monoisotopic (exact) mass is 562 g/mol. The summed E-state index contributed by atoms with van der Waals surface area (Å²) in [5.74, 6) is 0.997. The van der Waals surface area contributed by atoms with Crippen molar-refractivity contribution in [3.05, 3.63) is 83.8 Å². The van der Waals surface area contributed by atoms with Crippen molar-refractivity contribution < 1.29 is 27.4 Å². The summed E-state index contributed by atoms with van der Waals surface area (Å²) in [6.07, 6.45) is 1.60. The number of ether oxygens (including phenoxy) is 2. The molecule has 6 rings (SSSR count). The summed E-state index contributed by atoms with van der Waals surface area (Å²) >= 11 is 0. The minimum atomic E-state index is -4.71. The Labute approximate surface area is 232 Å². The zero-order chi connectivity index (χ0) is 28.9. The summed E-state index contributed by atoms with van der Waals surface area (Å²) in [6.45, 7) is 2.34. The standard InChI is InChI=1S/C29H25F3N6O3/c1-17-33-8-9-37(17)15-18-12-20(23-16-36(2)35-27(23)29(30,31)32)26-22(13-18)28(39)38(10-11-41-26)25-6-7-34-24-5-4-19(40-3)14-21(24)25/h4-9,12-14,16H,10-11,15H2,1-3H3. The molecule has 0 saturated carbocycles. The predicted octanol–water partition coefficient (Wildman–Crippen LogP) is 5.26. The number of rotatable bonds is 5. The van der Waals surface area contributed by atoms with E-state index >= 15 is 0 Å². The van der Waals surface area contributed by atoms with Gasteiger partial charge in [0.2, 0.25) is 0 Å². The van der Waals surface area contributed by atoms with Crippen LogP contribution in [0.25, 0.3) is 22.0 Å². The Morgan fingerprint density at radius 2 is 1.85 bits per heavy atom. The van der Waals surface area contributed by atoms with E-state index in [4.69, 9.17) is 9.47 Å². The first-order valence-electron chi connectivity index (χ1n) is 12.8. The number of hydrogen-bond acceptors (Lipinski definition) is 6. The van der Waals surface area contributed by atoms with Gasteiger partial charge in [-0.3, -0.25) is 14.5 Å². The summed E-state index contributed by atoms with van der Waals surface area (Å²) in [7, 11) is 2.98. The molecular weight excluding hydrogens is 537 g/mol. The van der Waals surface area contributed by atoms with Gasteiger partial charge in [-0.1, -0.05) is 0 Å². The molecule has 1 amide bonds. The van der Waals surface area contributed by atoms with E-state index in [1.54, 1.807) is 67.0 Å². The second kappa shape index (κ2) is 9.95. The lowest BCUT2D eigenvalue weighted by molar-refractivity contribution is -0.140. The van der Waals surface area contributed by atoms with Crippen molar-refractivity contribution in [1.82, 2.24) is 24.3 Å². The average molecular weight is 563 g/mol. The van der Waals surface area contributed by atoms with E-state index in [9.17, 15) is 18.0 Å². The molecule has 0 saturated heterocycles. The number of halogens is 3. The zero-order valence-electron chi connectivity index (χ0n) is 22.4. The third-order valence-electron chi connectivity index (χ3n) is 7.07.